The minimum absolute atomic E-state index is 0.0463. The summed E-state index contributed by atoms with van der Waals surface area (Å²) >= 11 is 0. The molecule has 1 saturated carbocycles. The Morgan fingerprint density at radius 2 is 2.07 bits per heavy atom. The maximum Gasteiger partial charge on any atom is 0.0610 e. The van der Waals surface area contributed by atoms with Crippen LogP contribution in [-0.2, 0) is 0 Å². The summed E-state index contributed by atoms with van der Waals surface area (Å²) in [5, 5.41) is 12.9. The van der Waals surface area contributed by atoms with E-state index in [-0.39, 0.29) is 12.1 Å². The highest BCUT2D eigenvalue weighted by Crippen LogP contribution is 2.33. The van der Waals surface area contributed by atoms with Gasteiger partial charge in [0, 0.05) is 5.54 Å². The van der Waals surface area contributed by atoms with Crippen molar-refractivity contribution in [1.29, 1.82) is 0 Å². The van der Waals surface area contributed by atoms with E-state index in [1.54, 1.807) is 0 Å². The van der Waals surface area contributed by atoms with Crippen molar-refractivity contribution < 1.29 is 5.11 Å². The molecule has 0 bridgehead atoms. The Kier molecular flexibility index (Phi) is 4.39. The van der Waals surface area contributed by atoms with E-state index in [9.17, 15) is 5.11 Å². The van der Waals surface area contributed by atoms with Gasteiger partial charge >= 0.3 is 0 Å². The maximum absolute atomic E-state index is 9.40. The highest BCUT2D eigenvalue weighted by atomic mass is 16.3. The van der Waals surface area contributed by atoms with E-state index in [2.05, 4.69) is 26.1 Å². The molecule has 14 heavy (non-hydrogen) atoms. The molecular weight excluding hydrogens is 174 g/mol. The number of aliphatic hydroxyl groups excluding tert-OH is 1. The van der Waals surface area contributed by atoms with Crippen LogP contribution in [0.4, 0.5) is 0 Å². The first-order valence-electron chi connectivity index (χ1n) is 5.91. The fourth-order valence-electron chi connectivity index (χ4n) is 1.98. The molecule has 0 radical (unpaired) electrons. The average Bonchev–Trinajstić information content (AvgIpc) is 2.08. The molecule has 1 aliphatic rings. The Morgan fingerprint density at radius 3 is 2.43 bits per heavy atom. The minimum Gasteiger partial charge on any atom is -0.394 e. The van der Waals surface area contributed by atoms with E-state index in [0.29, 0.717) is 5.92 Å². The lowest BCUT2D eigenvalue weighted by Gasteiger charge is -2.37. The Balaban J connectivity index is 2.30. The van der Waals surface area contributed by atoms with Gasteiger partial charge in [-0.05, 0) is 31.7 Å². The molecule has 1 unspecified atom stereocenters. The van der Waals surface area contributed by atoms with E-state index in [0.717, 1.165) is 18.9 Å². The van der Waals surface area contributed by atoms with Gasteiger partial charge in [0.25, 0.3) is 0 Å². The molecule has 0 aromatic rings. The summed E-state index contributed by atoms with van der Waals surface area (Å²) in [5.74, 6) is 1.51. The van der Waals surface area contributed by atoms with Crippen LogP contribution in [0.1, 0.15) is 46.5 Å². The predicted octanol–water partition coefficient (Wildman–Crippen LogP) is 2.17. The van der Waals surface area contributed by atoms with E-state index < -0.39 is 0 Å². The molecule has 1 rings (SSSR count). The molecular formula is C12H25NO. The van der Waals surface area contributed by atoms with Crippen molar-refractivity contribution in [2.45, 2.75) is 52.0 Å². The number of aliphatic hydroxyl groups is 1. The van der Waals surface area contributed by atoms with Gasteiger partial charge in [0.05, 0.1) is 6.61 Å². The molecule has 1 fully saturated rings. The van der Waals surface area contributed by atoms with Crippen LogP contribution in [0.15, 0.2) is 0 Å². The lowest BCUT2D eigenvalue weighted by molar-refractivity contribution is 0.122. The fourth-order valence-corrected chi connectivity index (χ4v) is 1.98. The van der Waals surface area contributed by atoms with Crippen LogP contribution in [0.2, 0.25) is 0 Å². The average molecular weight is 199 g/mol. The van der Waals surface area contributed by atoms with Crippen LogP contribution in [-0.4, -0.2) is 23.8 Å². The third-order valence-corrected chi connectivity index (χ3v) is 3.25. The second-order valence-electron chi connectivity index (χ2n) is 5.49. The van der Waals surface area contributed by atoms with Crippen molar-refractivity contribution in [1.82, 2.24) is 5.32 Å². The zero-order valence-corrected chi connectivity index (χ0v) is 9.84. The summed E-state index contributed by atoms with van der Waals surface area (Å²) in [5.41, 5.74) is -0.0463. The molecule has 0 aliphatic heterocycles. The summed E-state index contributed by atoms with van der Waals surface area (Å²) in [4.78, 5) is 0. The van der Waals surface area contributed by atoms with Crippen LogP contribution in [0.25, 0.3) is 0 Å². The number of hydrogen-bond acceptors (Lipinski definition) is 2. The normalized spacial score (nSPS) is 22.1. The SMILES string of the molecule is CC(C)CNC(C)(CO)CC1CCC1. The highest BCUT2D eigenvalue weighted by molar-refractivity contribution is 4.87. The summed E-state index contributed by atoms with van der Waals surface area (Å²) in [6.45, 7) is 7.82. The fraction of sp³-hybridized carbons (Fsp3) is 1.00. The standard InChI is InChI=1S/C12H25NO/c1-10(2)8-13-12(3,9-14)7-11-5-4-6-11/h10-11,13-14H,4-9H2,1-3H3. The van der Waals surface area contributed by atoms with Crippen molar-refractivity contribution in [3.05, 3.63) is 0 Å². The Morgan fingerprint density at radius 1 is 1.43 bits per heavy atom. The second kappa shape index (κ2) is 5.13. The molecule has 2 heteroatoms. The second-order valence-corrected chi connectivity index (χ2v) is 5.49. The summed E-state index contributed by atoms with van der Waals surface area (Å²) in [6.07, 6.45) is 5.24. The molecule has 1 aliphatic carbocycles. The molecule has 2 nitrogen and oxygen atoms in total. The lowest BCUT2D eigenvalue weighted by Crippen LogP contribution is -2.49. The van der Waals surface area contributed by atoms with E-state index in [4.69, 9.17) is 0 Å². The highest BCUT2D eigenvalue weighted by Gasteiger charge is 2.29. The summed E-state index contributed by atoms with van der Waals surface area (Å²) in [7, 11) is 0. The number of hydrogen-bond donors (Lipinski definition) is 2. The van der Waals surface area contributed by atoms with E-state index in [1.165, 1.54) is 19.3 Å². The van der Waals surface area contributed by atoms with Gasteiger partial charge in [0.2, 0.25) is 0 Å². The van der Waals surface area contributed by atoms with Crippen molar-refractivity contribution in [2.75, 3.05) is 13.2 Å². The molecule has 2 N–H and O–H groups in total. The number of nitrogens with one attached hydrogen (secondary N) is 1. The van der Waals surface area contributed by atoms with Gasteiger partial charge in [-0.15, -0.1) is 0 Å². The number of rotatable bonds is 6. The van der Waals surface area contributed by atoms with Crippen LogP contribution >= 0.6 is 0 Å². The van der Waals surface area contributed by atoms with Gasteiger partial charge < -0.3 is 10.4 Å². The van der Waals surface area contributed by atoms with Crippen molar-refractivity contribution >= 4 is 0 Å². The third-order valence-electron chi connectivity index (χ3n) is 3.25. The van der Waals surface area contributed by atoms with Gasteiger partial charge in [-0.1, -0.05) is 33.1 Å². The van der Waals surface area contributed by atoms with Crippen LogP contribution in [0, 0.1) is 11.8 Å². The van der Waals surface area contributed by atoms with Gasteiger partial charge in [-0.2, -0.15) is 0 Å². The van der Waals surface area contributed by atoms with Crippen LogP contribution in [0.3, 0.4) is 0 Å². The molecule has 0 amide bonds. The zero-order valence-electron chi connectivity index (χ0n) is 9.84. The Labute approximate surface area is 88.1 Å². The van der Waals surface area contributed by atoms with Gasteiger partial charge in [0.1, 0.15) is 0 Å². The largest absolute Gasteiger partial charge is 0.394 e. The predicted molar refractivity (Wildman–Crippen MR) is 60.3 cm³/mol. The maximum atomic E-state index is 9.40. The summed E-state index contributed by atoms with van der Waals surface area (Å²) in [6, 6.07) is 0. The molecule has 1 atom stereocenters. The first-order valence-corrected chi connectivity index (χ1v) is 5.91. The van der Waals surface area contributed by atoms with Crippen molar-refractivity contribution in [2.24, 2.45) is 11.8 Å². The monoisotopic (exact) mass is 199 g/mol. The van der Waals surface area contributed by atoms with Gasteiger partial charge in [-0.3, -0.25) is 0 Å². The van der Waals surface area contributed by atoms with Crippen molar-refractivity contribution in [3.8, 4) is 0 Å². The molecule has 0 saturated heterocycles. The van der Waals surface area contributed by atoms with E-state index >= 15 is 0 Å². The first kappa shape index (κ1) is 12.0. The lowest BCUT2D eigenvalue weighted by atomic mass is 9.76. The van der Waals surface area contributed by atoms with Crippen LogP contribution in [0.5, 0.6) is 0 Å². The molecule has 84 valence electrons. The summed E-state index contributed by atoms with van der Waals surface area (Å²) < 4.78 is 0. The third kappa shape index (κ3) is 3.58. The van der Waals surface area contributed by atoms with E-state index in [1.807, 2.05) is 0 Å². The quantitative estimate of drug-likeness (QED) is 0.687. The Bertz CT molecular complexity index is 166. The Hall–Kier alpha value is -0.0800. The molecule has 0 heterocycles. The first-order chi connectivity index (χ1) is 6.56. The van der Waals surface area contributed by atoms with Crippen LogP contribution < -0.4 is 5.32 Å². The topological polar surface area (TPSA) is 32.3 Å². The minimum atomic E-state index is -0.0463. The molecule has 0 aromatic carbocycles. The molecule has 0 aromatic heterocycles. The van der Waals surface area contributed by atoms with Gasteiger partial charge in [0.15, 0.2) is 0 Å². The molecule has 0 spiro atoms. The smallest absolute Gasteiger partial charge is 0.0610 e. The zero-order chi connectivity index (χ0) is 10.6. The van der Waals surface area contributed by atoms with Crippen molar-refractivity contribution in [3.63, 3.8) is 0 Å². The van der Waals surface area contributed by atoms with Gasteiger partial charge in [-0.25, -0.2) is 0 Å².